The van der Waals surface area contributed by atoms with E-state index in [1.54, 1.807) is 6.20 Å². The van der Waals surface area contributed by atoms with Crippen LogP contribution in [0.2, 0.25) is 0 Å². The van der Waals surface area contributed by atoms with Crippen molar-refractivity contribution in [1.29, 1.82) is 0 Å². The molecule has 16 heavy (non-hydrogen) atoms. The van der Waals surface area contributed by atoms with Crippen molar-refractivity contribution < 1.29 is 0 Å². The van der Waals surface area contributed by atoms with E-state index in [4.69, 9.17) is 0 Å². The van der Waals surface area contributed by atoms with Crippen molar-refractivity contribution in [3.63, 3.8) is 0 Å². The molecule has 0 amide bonds. The summed E-state index contributed by atoms with van der Waals surface area (Å²) in [7, 11) is 0. The molecular weight excluding hydrogens is 194 g/mol. The Kier molecular flexibility index (Phi) is 2.69. The third-order valence-electron chi connectivity index (χ3n) is 2.64. The van der Waals surface area contributed by atoms with Crippen LogP contribution < -0.4 is 0 Å². The molecule has 0 aliphatic carbocycles. The maximum absolute atomic E-state index is 4.38. The molecule has 78 valence electrons. The smallest absolute Gasteiger partial charge is 0.0780 e. The first-order valence-electron chi connectivity index (χ1n) is 5.11. The van der Waals surface area contributed by atoms with Crippen LogP contribution in [0.1, 0.15) is 16.7 Å². The molecule has 0 spiro atoms. The van der Waals surface area contributed by atoms with Gasteiger partial charge in [0.1, 0.15) is 0 Å². The van der Waals surface area contributed by atoms with Crippen molar-refractivity contribution >= 4 is 29.1 Å². The zero-order chi connectivity index (χ0) is 11.5. The lowest BCUT2D eigenvalue weighted by Crippen LogP contribution is -1.90. The molecule has 0 bridgehead atoms. The molecule has 2 rings (SSSR count). The summed E-state index contributed by atoms with van der Waals surface area (Å²) in [5.74, 6) is 0. The molecule has 0 atom stereocenters. The lowest BCUT2D eigenvalue weighted by atomic mass is 9.97. The predicted octanol–water partition coefficient (Wildman–Crippen LogP) is 4.16. The molecule has 0 aliphatic heterocycles. The van der Waals surface area contributed by atoms with E-state index in [9.17, 15) is 0 Å². The molecule has 0 fully saturated rings. The Hall–Kier alpha value is -2.15. The van der Waals surface area contributed by atoms with Crippen LogP contribution in [0.4, 0.5) is 0 Å². The van der Waals surface area contributed by atoms with Crippen LogP contribution in [0.5, 0.6) is 0 Å². The van der Waals surface area contributed by atoms with Crippen molar-refractivity contribution in [3.8, 4) is 0 Å². The third kappa shape index (κ3) is 1.47. The number of fused-ring (bicyclic) bond motifs is 1. The fourth-order valence-corrected chi connectivity index (χ4v) is 1.87. The minimum Gasteiger partial charge on any atom is -0.256 e. The second-order valence-corrected chi connectivity index (χ2v) is 3.48. The molecule has 1 heteroatoms. The zero-order valence-electron chi connectivity index (χ0n) is 9.11. The van der Waals surface area contributed by atoms with E-state index in [0.29, 0.717) is 0 Å². The van der Waals surface area contributed by atoms with Gasteiger partial charge in [-0.05, 0) is 23.3 Å². The van der Waals surface area contributed by atoms with Crippen molar-refractivity contribution in [2.45, 2.75) is 0 Å². The molecular formula is C15H13N. The van der Waals surface area contributed by atoms with Crippen LogP contribution >= 0.6 is 0 Å². The van der Waals surface area contributed by atoms with Crippen LogP contribution in [0.25, 0.3) is 29.1 Å². The summed E-state index contributed by atoms with van der Waals surface area (Å²) >= 11 is 0. The minimum atomic E-state index is 0.956. The highest BCUT2D eigenvalue weighted by molar-refractivity contribution is 5.96. The van der Waals surface area contributed by atoms with Gasteiger partial charge in [-0.15, -0.1) is 0 Å². The highest BCUT2D eigenvalue weighted by atomic mass is 14.6. The van der Waals surface area contributed by atoms with E-state index >= 15 is 0 Å². The second kappa shape index (κ2) is 4.15. The fourth-order valence-electron chi connectivity index (χ4n) is 1.87. The predicted molar refractivity (Wildman–Crippen MR) is 72.0 cm³/mol. The first-order valence-corrected chi connectivity index (χ1v) is 5.11. The third-order valence-corrected chi connectivity index (χ3v) is 2.64. The van der Waals surface area contributed by atoms with Gasteiger partial charge in [0.15, 0.2) is 0 Å². The van der Waals surface area contributed by atoms with Crippen LogP contribution in [-0.2, 0) is 0 Å². The maximum atomic E-state index is 4.38. The van der Waals surface area contributed by atoms with Gasteiger partial charge in [0.2, 0.25) is 0 Å². The van der Waals surface area contributed by atoms with E-state index in [1.165, 1.54) is 0 Å². The first-order chi connectivity index (χ1) is 7.81. The maximum Gasteiger partial charge on any atom is 0.0780 e. The van der Waals surface area contributed by atoms with E-state index in [2.05, 4.69) is 24.7 Å². The Labute approximate surface area is 95.5 Å². The fraction of sp³-hybridized carbons (Fsp3) is 0. The molecule has 1 heterocycles. The standard InChI is InChI=1S/C15H13N/c1-4-11-10-12(5-2)15-14(13(11)6-3)8-7-9-16-15/h4-10H,1-3H2. The summed E-state index contributed by atoms with van der Waals surface area (Å²) in [5, 5.41) is 1.09. The highest BCUT2D eigenvalue weighted by Gasteiger charge is 2.06. The summed E-state index contributed by atoms with van der Waals surface area (Å²) in [6.07, 6.45) is 7.27. The lowest BCUT2D eigenvalue weighted by molar-refractivity contribution is 1.40. The molecule has 0 aliphatic rings. The molecule has 0 unspecified atom stereocenters. The zero-order valence-corrected chi connectivity index (χ0v) is 9.11. The highest BCUT2D eigenvalue weighted by Crippen LogP contribution is 2.27. The molecule has 1 nitrogen and oxygen atoms in total. The van der Waals surface area contributed by atoms with Crippen molar-refractivity contribution in [3.05, 3.63) is 60.8 Å². The van der Waals surface area contributed by atoms with Crippen LogP contribution in [0.15, 0.2) is 44.1 Å². The van der Waals surface area contributed by atoms with Crippen molar-refractivity contribution in [2.24, 2.45) is 0 Å². The van der Waals surface area contributed by atoms with E-state index in [-0.39, 0.29) is 0 Å². The number of aromatic nitrogens is 1. The first kappa shape index (κ1) is 10.4. The molecule has 2 aromatic rings. The van der Waals surface area contributed by atoms with Gasteiger partial charge >= 0.3 is 0 Å². The number of rotatable bonds is 3. The number of hydrogen-bond donors (Lipinski definition) is 0. The summed E-state index contributed by atoms with van der Waals surface area (Å²) in [4.78, 5) is 4.38. The number of nitrogens with zero attached hydrogens (tertiary/aromatic N) is 1. The Morgan fingerprint density at radius 3 is 2.38 bits per heavy atom. The molecule has 0 radical (unpaired) electrons. The van der Waals surface area contributed by atoms with E-state index in [0.717, 1.165) is 27.6 Å². The van der Waals surface area contributed by atoms with Gasteiger partial charge in [-0.2, -0.15) is 0 Å². The lowest BCUT2D eigenvalue weighted by Gasteiger charge is -2.09. The topological polar surface area (TPSA) is 12.9 Å². The molecule has 0 saturated carbocycles. The summed E-state index contributed by atoms with van der Waals surface area (Å²) in [6.45, 7) is 11.5. The van der Waals surface area contributed by atoms with E-state index < -0.39 is 0 Å². The van der Waals surface area contributed by atoms with Gasteiger partial charge in [0, 0.05) is 17.1 Å². The Morgan fingerprint density at radius 1 is 1.00 bits per heavy atom. The van der Waals surface area contributed by atoms with Crippen LogP contribution in [0, 0.1) is 0 Å². The average Bonchev–Trinajstić information content (AvgIpc) is 2.36. The van der Waals surface area contributed by atoms with Gasteiger partial charge in [-0.3, -0.25) is 4.98 Å². The molecule has 0 N–H and O–H groups in total. The monoisotopic (exact) mass is 207 g/mol. The largest absolute Gasteiger partial charge is 0.256 e. The van der Waals surface area contributed by atoms with Crippen molar-refractivity contribution in [2.75, 3.05) is 0 Å². The molecule has 1 aromatic heterocycles. The van der Waals surface area contributed by atoms with E-state index in [1.807, 2.05) is 36.4 Å². The van der Waals surface area contributed by atoms with Gasteiger partial charge in [-0.1, -0.05) is 44.0 Å². The average molecular weight is 207 g/mol. The Balaban J connectivity index is 2.99. The summed E-state index contributed by atoms with van der Waals surface area (Å²) < 4.78 is 0. The van der Waals surface area contributed by atoms with Gasteiger partial charge < -0.3 is 0 Å². The van der Waals surface area contributed by atoms with Crippen LogP contribution in [-0.4, -0.2) is 4.98 Å². The van der Waals surface area contributed by atoms with Crippen molar-refractivity contribution in [1.82, 2.24) is 4.98 Å². The molecule has 0 saturated heterocycles. The molecule has 1 aromatic carbocycles. The Morgan fingerprint density at radius 2 is 1.75 bits per heavy atom. The van der Waals surface area contributed by atoms with Gasteiger partial charge in [0.25, 0.3) is 0 Å². The Bertz CT molecular complexity index is 579. The number of benzene rings is 1. The summed E-state index contributed by atoms with van der Waals surface area (Å²) in [6, 6.07) is 6.00. The van der Waals surface area contributed by atoms with Gasteiger partial charge in [0.05, 0.1) is 5.52 Å². The minimum absolute atomic E-state index is 0.956. The van der Waals surface area contributed by atoms with Crippen LogP contribution in [0.3, 0.4) is 0 Å². The normalized spacial score (nSPS) is 10.0. The summed E-state index contributed by atoms with van der Waals surface area (Å²) in [5.41, 5.74) is 4.11. The second-order valence-electron chi connectivity index (χ2n) is 3.48. The van der Waals surface area contributed by atoms with Gasteiger partial charge in [-0.25, -0.2) is 0 Å². The number of hydrogen-bond acceptors (Lipinski definition) is 1. The number of pyridine rings is 1. The SMILES string of the molecule is C=Cc1cc(C=C)c2ncccc2c1C=C. The quantitative estimate of drug-likeness (QED) is 0.736.